The lowest BCUT2D eigenvalue weighted by atomic mass is 9.99. The van der Waals surface area contributed by atoms with Gasteiger partial charge in [0.25, 0.3) is 0 Å². The van der Waals surface area contributed by atoms with Crippen molar-refractivity contribution in [1.82, 2.24) is 9.97 Å². The van der Waals surface area contributed by atoms with Crippen molar-refractivity contribution in [3.05, 3.63) is 11.2 Å². The fourth-order valence-corrected chi connectivity index (χ4v) is 3.63. The number of anilines is 2. The van der Waals surface area contributed by atoms with Crippen molar-refractivity contribution < 1.29 is 4.74 Å². The van der Waals surface area contributed by atoms with Crippen LogP contribution in [0.5, 0.6) is 0 Å². The molecule has 2 heterocycles. The molecule has 2 rings (SSSR count). The number of hydrogen-bond donors (Lipinski definition) is 2. The Morgan fingerprint density at radius 2 is 2.21 bits per heavy atom. The van der Waals surface area contributed by atoms with Gasteiger partial charge in [-0.2, -0.15) is 16.7 Å². The average molecular weight is 303 g/mol. The number of nitrogen functional groups attached to an aromatic ring is 1. The molecule has 106 valence electrons. The SMILES string of the molecule is CCSC1(CNc2cc(Cl)nc(N)n2)CCOCC1. The van der Waals surface area contributed by atoms with Crippen molar-refractivity contribution in [3.8, 4) is 0 Å². The van der Waals surface area contributed by atoms with Crippen molar-refractivity contribution in [2.45, 2.75) is 24.5 Å². The van der Waals surface area contributed by atoms with E-state index < -0.39 is 0 Å². The molecule has 0 unspecified atom stereocenters. The van der Waals surface area contributed by atoms with Gasteiger partial charge in [-0.1, -0.05) is 18.5 Å². The molecule has 0 amide bonds. The number of aromatic nitrogens is 2. The van der Waals surface area contributed by atoms with Crippen LogP contribution in [0.3, 0.4) is 0 Å². The summed E-state index contributed by atoms with van der Waals surface area (Å²) in [6.07, 6.45) is 2.10. The predicted octanol–water partition coefficient (Wildman–Crippen LogP) is 2.43. The topological polar surface area (TPSA) is 73.1 Å². The monoisotopic (exact) mass is 302 g/mol. The van der Waals surface area contributed by atoms with Gasteiger partial charge in [-0.3, -0.25) is 0 Å². The highest BCUT2D eigenvalue weighted by molar-refractivity contribution is 8.00. The zero-order valence-corrected chi connectivity index (χ0v) is 12.6. The molecule has 0 radical (unpaired) electrons. The van der Waals surface area contributed by atoms with E-state index in [1.807, 2.05) is 11.8 Å². The molecule has 0 spiro atoms. The van der Waals surface area contributed by atoms with Crippen LogP contribution in [-0.4, -0.2) is 40.2 Å². The Kier molecular flexibility index (Phi) is 5.13. The Hall–Kier alpha value is -0.720. The van der Waals surface area contributed by atoms with E-state index in [1.54, 1.807) is 6.07 Å². The molecule has 0 saturated carbocycles. The first-order valence-corrected chi connectivity index (χ1v) is 7.75. The Labute approximate surface area is 122 Å². The van der Waals surface area contributed by atoms with Crippen LogP contribution in [0.2, 0.25) is 5.15 Å². The molecule has 0 aliphatic carbocycles. The Balaban J connectivity index is 2.01. The molecule has 1 aliphatic heterocycles. The molecule has 1 aliphatic rings. The van der Waals surface area contributed by atoms with Crippen LogP contribution in [0, 0.1) is 0 Å². The lowest BCUT2D eigenvalue weighted by Gasteiger charge is -2.36. The summed E-state index contributed by atoms with van der Waals surface area (Å²) in [6.45, 7) is 4.66. The van der Waals surface area contributed by atoms with Crippen molar-refractivity contribution in [2.24, 2.45) is 0 Å². The predicted molar refractivity (Wildman–Crippen MR) is 80.9 cm³/mol. The first kappa shape index (κ1) is 14.7. The quantitative estimate of drug-likeness (QED) is 0.814. The highest BCUT2D eigenvalue weighted by Gasteiger charge is 2.32. The van der Waals surface area contributed by atoms with Crippen molar-refractivity contribution in [2.75, 3.05) is 36.6 Å². The standard InChI is InChI=1S/C12H19ClN4OS/c1-2-19-12(3-5-18-6-4-12)8-15-10-7-9(13)16-11(14)17-10/h7H,2-6,8H2,1H3,(H3,14,15,16,17). The zero-order valence-electron chi connectivity index (χ0n) is 11.0. The fraction of sp³-hybridized carbons (Fsp3) is 0.667. The number of nitrogens with zero attached hydrogens (tertiary/aromatic N) is 2. The molecule has 0 aromatic carbocycles. The lowest BCUT2D eigenvalue weighted by Crippen LogP contribution is -2.40. The maximum Gasteiger partial charge on any atom is 0.223 e. The molecule has 0 bridgehead atoms. The summed E-state index contributed by atoms with van der Waals surface area (Å²) in [5, 5.41) is 3.69. The van der Waals surface area contributed by atoms with Gasteiger partial charge in [-0.15, -0.1) is 0 Å². The number of nitrogens with one attached hydrogen (secondary N) is 1. The number of ether oxygens (including phenoxy) is 1. The summed E-state index contributed by atoms with van der Waals surface area (Å²) in [7, 11) is 0. The second-order valence-corrected chi connectivity index (χ2v) is 6.64. The largest absolute Gasteiger partial charge is 0.381 e. The van der Waals surface area contributed by atoms with Crippen LogP contribution in [0.15, 0.2) is 6.07 Å². The number of thioether (sulfide) groups is 1. The van der Waals surface area contributed by atoms with Crippen LogP contribution < -0.4 is 11.1 Å². The molecule has 1 saturated heterocycles. The third-order valence-corrected chi connectivity index (χ3v) is 4.81. The maximum absolute atomic E-state index is 5.87. The first-order valence-electron chi connectivity index (χ1n) is 6.39. The summed E-state index contributed by atoms with van der Waals surface area (Å²) in [5.41, 5.74) is 5.59. The third kappa shape index (κ3) is 4.12. The molecule has 7 heteroatoms. The fourth-order valence-electron chi connectivity index (χ4n) is 2.20. The Morgan fingerprint density at radius 1 is 1.47 bits per heavy atom. The van der Waals surface area contributed by atoms with E-state index in [4.69, 9.17) is 22.1 Å². The zero-order chi connectivity index (χ0) is 13.7. The number of rotatable bonds is 5. The number of nitrogens with two attached hydrogens (primary N) is 1. The maximum atomic E-state index is 5.87. The normalized spacial score (nSPS) is 18.2. The van der Waals surface area contributed by atoms with Crippen LogP contribution in [0.1, 0.15) is 19.8 Å². The molecule has 3 N–H and O–H groups in total. The summed E-state index contributed by atoms with van der Waals surface area (Å²) in [4.78, 5) is 7.99. The molecular weight excluding hydrogens is 284 g/mol. The van der Waals surface area contributed by atoms with Gasteiger partial charge in [0.2, 0.25) is 5.95 Å². The molecule has 1 fully saturated rings. The van der Waals surface area contributed by atoms with Gasteiger partial charge in [0.15, 0.2) is 0 Å². The Morgan fingerprint density at radius 3 is 2.84 bits per heavy atom. The highest BCUT2D eigenvalue weighted by Crippen LogP contribution is 2.35. The minimum absolute atomic E-state index is 0.194. The van der Waals surface area contributed by atoms with Crippen LogP contribution in [0.4, 0.5) is 11.8 Å². The van der Waals surface area contributed by atoms with E-state index in [0.717, 1.165) is 38.4 Å². The number of hydrogen-bond acceptors (Lipinski definition) is 6. The highest BCUT2D eigenvalue weighted by atomic mass is 35.5. The van der Waals surface area contributed by atoms with Gasteiger partial charge < -0.3 is 15.8 Å². The van der Waals surface area contributed by atoms with E-state index in [9.17, 15) is 0 Å². The van der Waals surface area contributed by atoms with E-state index >= 15 is 0 Å². The molecule has 0 atom stereocenters. The van der Waals surface area contributed by atoms with Crippen LogP contribution in [0.25, 0.3) is 0 Å². The lowest BCUT2D eigenvalue weighted by molar-refractivity contribution is 0.0801. The third-order valence-electron chi connectivity index (χ3n) is 3.16. The van der Waals surface area contributed by atoms with Crippen molar-refractivity contribution in [1.29, 1.82) is 0 Å². The minimum Gasteiger partial charge on any atom is -0.381 e. The Bertz CT molecular complexity index is 400. The molecule has 5 nitrogen and oxygen atoms in total. The summed E-state index contributed by atoms with van der Waals surface area (Å²) in [6, 6.07) is 1.70. The second kappa shape index (κ2) is 6.63. The molecule has 1 aromatic heterocycles. The van der Waals surface area contributed by atoms with Gasteiger partial charge >= 0.3 is 0 Å². The van der Waals surface area contributed by atoms with E-state index in [2.05, 4.69) is 22.2 Å². The molecule has 19 heavy (non-hydrogen) atoms. The minimum atomic E-state index is 0.194. The van der Waals surface area contributed by atoms with Gasteiger partial charge in [-0.05, 0) is 18.6 Å². The number of halogens is 1. The van der Waals surface area contributed by atoms with Gasteiger partial charge in [0.05, 0.1) is 0 Å². The summed E-state index contributed by atoms with van der Waals surface area (Å²) < 4.78 is 5.66. The second-order valence-electron chi connectivity index (χ2n) is 4.52. The van der Waals surface area contributed by atoms with E-state index in [1.165, 1.54) is 0 Å². The smallest absolute Gasteiger partial charge is 0.223 e. The van der Waals surface area contributed by atoms with Gasteiger partial charge in [0, 0.05) is 30.6 Å². The van der Waals surface area contributed by atoms with Crippen LogP contribution >= 0.6 is 23.4 Å². The summed E-state index contributed by atoms with van der Waals surface area (Å²) in [5.74, 6) is 1.97. The van der Waals surface area contributed by atoms with Gasteiger partial charge in [0.1, 0.15) is 11.0 Å². The van der Waals surface area contributed by atoms with E-state index in [-0.39, 0.29) is 10.7 Å². The first-order chi connectivity index (χ1) is 9.13. The molecule has 1 aromatic rings. The van der Waals surface area contributed by atoms with Crippen molar-refractivity contribution in [3.63, 3.8) is 0 Å². The van der Waals surface area contributed by atoms with E-state index in [0.29, 0.717) is 11.0 Å². The van der Waals surface area contributed by atoms with Gasteiger partial charge in [-0.25, -0.2) is 4.98 Å². The summed E-state index contributed by atoms with van der Waals surface area (Å²) >= 11 is 7.85. The van der Waals surface area contributed by atoms with Crippen LogP contribution in [-0.2, 0) is 4.74 Å². The molecular formula is C12H19ClN4OS. The van der Waals surface area contributed by atoms with Crippen molar-refractivity contribution >= 4 is 35.1 Å². The average Bonchev–Trinajstić information content (AvgIpc) is 2.37.